The SMILES string of the molecule is COSc1nccc(C2=NC3=C(C4CC4)CNN3C=C2)n1. The number of nitrogens with one attached hydrogen (secondary N) is 1. The Morgan fingerprint density at radius 2 is 2.33 bits per heavy atom. The van der Waals surface area contributed by atoms with Gasteiger partial charge < -0.3 is 4.18 Å². The summed E-state index contributed by atoms with van der Waals surface area (Å²) in [6.45, 7) is 0.898. The summed E-state index contributed by atoms with van der Waals surface area (Å²) in [6.07, 6.45) is 8.28. The van der Waals surface area contributed by atoms with Gasteiger partial charge in [-0.2, -0.15) is 0 Å². The molecule has 2 aliphatic heterocycles. The van der Waals surface area contributed by atoms with Crippen LogP contribution in [0.15, 0.2) is 46.1 Å². The zero-order valence-electron chi connectivity index (χ0n) is 11.6. The minimum Gasteiger partial charge on any atom is -0.311 e. The Hall–Kier alpha value is -1.70. The maximum absolute atomic E-state index is 5.00. The molecule has 0 spiro atoms. The number of aromatic nitrogens is 2. The molecule has 4 rings (SSSR count). The molecular formula is C14H15N5OS. The van der Waals surface area contributed by atoms with E-state index in [1.165, 1.54) is 18.4 Å². The van der Waals surface area contributed by atoms with E-state index >= 15 is 0 Å². The highest BCUT2D eigenvalue weighted by Crippen LogP contribution is 2.41. The van der Waals surface area contributed by atoms with Crippen LogP contribution >= 0.6 is 12.0 Å². The predicted octanol–water partition coefficient (Wildman–Crippen LogP) is 1.89. The summed E-state index contributed by atoms with van der Waals surface area (Å²) in [4.78, 5) is 13.4. The molecule has 21 heavy (non-hydrogen) atoms. The van der Waals surface area contributed by atoms with Crippen molar-refractivity contribution >= 4 is 17.8 Å². The second kappa shape index (κ2) is 5.25. The third kappa shape index (κ3) is 2.48. The van der Waals surface area contributed by atoms with Gasteiger partial charge in [0, 0.05) is 18.9 Å². The molecule has 7 heteroatoms. The van der Waals surface area contributed by atoms with Gasteiger partial charge in [-0.3, -0.25) is 5.01 Å². The first-order valence-electron chi connectivity index (χ1n) is 6.92. The van der Waals surface area contributed by atoms with E-state index in [-0.39, 0.29) is 0 Å². The fourth-order valence-electron chi connectivity index (χ4n) is 2.52. The van der Waals surface area contributed by atoms with Gasteiger partial charge in [-0.1, -0.05) is 0 Å². The standard InChI is InChI=1S/C14H15N5OS/c1-20-21-14-15-6-4-11(18-14)12-5-7-19-13(17-12)10(8-16-19)9-2-3-9/h4-7,9,16H,2-3,8H2,1H3. The van der Waals surface area contributed by atoms with E-state index in [2.05, 4.69) is 15.4 Å². The molecule has 108 valence electrons. The van der Waals surface area contributed by atoms with Gasteiger partial charge in [0.25, 0.3) is 0 Å². The zero-order valence-corrected chi connectivity index (χ0v) is 12.4. The first kappa shape index (κ1) is 13.0. The smallest absolute Gasteiger partial charge is 0.215 e. The molecule has 0 aromatic carbocycles. The van der Waals surface area contributed by atoms with Gasteiger partial charge in [0.05, 0.1) is 30.6 Å². The molecular weight excluding hydrogens is 286 g/mol. The van der Waals surface area contributed by atoms with E-state index in [9.17, 15) is 0 Å². The van der Waals surface area contributed by atoms with E-state index in [0.717, 1.165) is 35.8 Å². The summed E-state index contributed by atoms with van der Waals surface area (Å²) in [6, 6.07) is 1.87. The summed E-state index contributed by atoms with van der Waals surface area (Å²) in [5, 5.41) is 2.60. The van der Waals surface area contributed by atoms with E-state index in [1.54, 1.807) is 13.3 Å². The van der Waals surface area contributed by atoms with Crippen LogP contribution in [0, 0.1) is 5.92 Å². The number of hydrazine groups is 1. The third-order valence-electron chi connectivity index (χ3n) is 3.69. The summed E-state index contributed by atoms with van der Waals surface area (Å²) in [5.74, 6) is 1.74. The van der Waals surface area contributed by atoms with Crippen molar-refractivity contribution in [3.8, 4) is 0 Å². The van der Waals surface area contributed by atoms with Crippen LogP contribution in [0.3, 0.4) is 0 Å². The van der Waals surface area contributed by atoms with Gasteiger partial charge in [-0.15, -0.1) is 0 Å². The average molecular weight is 301 g/mol. The van der Waals surface area contributed by atoms with Crippen LogP contribution in [0.1, 0.15) is 18.5 Å². The Balaban J connectivity index is 1.69. The number of nitrogens with zero attached hydrogens (tertiary/aromatic N) is 4. The molecule has 0 bridgehead atoms. The highest BCUT2D eigenvalue weighted by Gasteiger charge is 2.34. The van der Waals surface area contributed by atoms with Crippen LogP contribution in [-0.4, -0.2) is 34.3 Å². The first-order valence-corrected chi connectivity index (χ1v) is 7.66. The van der Waals surface area contributed by atoms with E-state index in [4.69, 9.17) is 9.18 Å². The number of aliphatic imine (C=N–C) groups is 1. The normalized spacial score (nSPS) is 20.8. The average Bonchev–Trinajstić information content (AvgIpc) is 3.27. The Labute approximate surface area is 127 Å². The van der Waals surface area contributed by atoms with Crippen molar-refractivity contribution in [3.05, 3.63) is 41.6 Å². The van der Waals surface area contributed by atoms with Crippen molar-refractivity contribution in [3.63, 3.8) is 0 Å². The molecule has 1 aromatic rings. The largest absolute Gasteiger partial charge is 0.311 e. The van der Waals surface area contributed by atoms with E-state index in [1.807, 2.05) is 23.4 Å². The van der Waals surface area contributed by atoms with E-state index in [0.29, 0.717) is 11.1 Å². The Bertz CT molecular complexity index is 665. The fourth-order valence-corrected chi connectivity index (χ4v) is 2.91. The molecule has 0 saturated heterocycles. The molecule has 1 saturated carbocycles. The molecule has 0 radical (unpaired) electrons. The lowest BCUT2D eigenvalue weighted by Gasteiger charge is -2.19. The van der Waals surface area contributed by atoms with Crippen LogP contribution in [-0.2, 0) is 4.18 Å². The van der Waals surface area contributed by atoms with Crippen molar-refractivity contribution in [2.75, 3.05) is 13.7 Å². The van der Waals surface area contributed by atoms with Crippen molar-refractivity contribution in [2.45, 2.75) is 18.0 Å². The minimum absolute atomic E-state index is 0.592. The highest BCUT2D eigenvalue weighted by atomic mass is 32.2. The van der Waals surface area contributed by atoms with E-state index < -0.39 is 0 Å². The molecule has 3 aliphatic rings. The summed E-state index contributed by atoms with van der Waals surface area (Å²) in [7, 11) is 1.60. The van der Waals surface area contributed by atoms with Gasteiger partial charge in [-0.05, 0) is 36.5 Å². The summed E-state index contributed by atoms with van der Waals surface area (Å²) in [5.41, 5.74) is 6.44. The van der Waals surface area contributed by atoms with Crippen molar-refractivity contribution in [1.82, 2.24) is 20.4 Å². The predicted molar refractivity (Wildman–Crippen MR) is 80.2 cm³/mol. The topological polar surface area (TPSA) is 62.6 Å². The second-order valence-electron chi connectivity index (χ2n) is 5.12. The van der Waals surface area contributed by atoms with Crippen LogP contribution in [0.25, 0.3) is 0 Å². The molecule has 0 unspecified atom stereocenters. The fraction of sp³-hybridized carbons (Fsp3) is 0.357. The van der Waals surface area contributed by atoms with Gasteiger partial charge in [0.15, 0.2) is 0 Å². The molecule has 1 N–H and O–H groups in total. The second-order valence-corrected chi connectivity index (χ2v) is 5.98. The van der Waals surface area contributed by atoms with Crippen LogP contribution in [0.2, 0.25) is 0 Å². The quantitative estimate of drug-likeness (QED) is 0.677. The van der Waals surface area contributed by atoms with Gasteiger partial charge in [-0.25, -0.2) is 20.4 Å². The molecule has 6 nitrogen and oxygen atoms in total. The number of hydrogen-bond donors (Lipinski definition) is 1. The molecule has 3 heterocycles. The highest BCUT2D eigenvalue weighted by molar-refractivity contribution is 7.94. The molecule has 0 amide bonds. The molecule has 0 atom stereocenters. The van der Waals surface area contributed by atoms with Crippen LogP contribution in [0.5, 0.6) is 0 Å². The summed E-state index contributed by atoms with van der Waals surface area (Å²) < 4.78 is 5.00. The Morgan fingerprint density at radius 1 is 1.43 bits per heavy atom. The Kier molecular flexibility index (Phi) is 3.25. The monoisotopic (exact) mass is 301 g/mol. The van der Waals surface area contributed by atoms with Crippen LogP contribution in [0.4, 0.5) is 0 Å². The van der Waals surface area contributed by atoms with Crippen molar-refractivity contribution in [2.24, 2.45) is 10.9 Å². The van der Waals surface area contributed by atoms with Crippen molar-refractivity contribution < 1.29 is 4.18 Å². The number of fused-ring (bicyclic) bond motifs is 1. The van der Waals surface area contributed by atoms with Crippen LogP contribution < -0.4 is 5.43 Å². The van der Waals surface area contributed by atoms with Gasteiger partial charge in [0.1, 0.15) is 5.82 Å². The number of rotatable bonds is 4. The molecule has 1 aliphatic carbocycles. The lowest BCUT2D eigenvalue weighted by Crippen LogP contribution is -2.28. The number of hydrogen-bond acceptors (Lipinski definition) is 7. The van der Waals surface area contributed by atoms with Gasteiger partial charge >= 0.3 is 0 Å². The molecule has 1 fully saturated rings. The number of allylic oxidation sites excluding steroid dienone is 1. The zero-order chi connectivity index (χ0) is 14.2. The molecule has 1 aromatic heterocycles. The lowest BCUT2D eigenvalue weighted by atomic mass is 10.1. The van der Waals surface area contributed by atoms with Gasteiger partial charge in [0.2, 0.25) is 5.16 Å². The first-order chi connectivity index (χ1) is 10.3. The minimum atomic E-state index is 0.592. The lowest BCUT2D eigenvalue weighted by molar-refractivity contribution is 0.382. The Morgan fingerprint density at radius 3 is 3.14 bits per heavy atom. The van der Waals surface area contributed by atoms with Crippen molar-refractivity contribution in [1.29, 1.82) is 0 Å². The summed E-state index contributed by atoms with van der Waals surface area (Å²) >= 11 is 1.15. The third-order valence-corrected chi connectivity index (χ3v) is 4.20. The maximum Gasteiger partial charge on any atom is 0.215 e. The maximum atomic E-state index is 5.00.